The molecule has 3 aliphatic rings. The van der Waals surface area contributed by atoms with E-state index in [9.17, 15) is 19.5 Å². The first-order chi connectivity index (χ1) is 16.4. The molecule has 1 heterocycles. The predicted molar refractivity (Wildman–Crippen MR) is 126 cm³/mol. The summed E-state index contributed by atoms with van der Waals surface area (Å²) < 4.78 is 5.69. The van der Waals surface area contributed by atoms with Crippen molar-refractivity contribution in [1.29, 1.82) is 0 Å². The minimum atomic E-state index is -0.964. The van der Waals surface area contributed by atoms with Gasteiger partial charge in [-0.1, -0.05) is 55.0 Å². The quantitative estimate of drug-likeness (QED) is 0.696. The van der Waals surface area contributed by atoms with Crippen molar-refractivity contribution in [3.8, 4) is 11.1 Å². The standard InChI is InChI=1S/C27H30N2O5/c1-27(25(32)29-15-7-12-22(29)24(30)31)14-6-13-23(27)28-26(33)34-16-21-19-10-4-2-8-17(19)18-9-3-5-11-20(18)21/h2-5,8-11,21-23H,6-7,12-16H2,1H3,(H,28,33)(H,30,31)/t22-,23?,27?/m0/s1. The van der Waals surface area contributed by atoms with Crippen LogP contribution in [0.15, 0.2) is 48.5 Å². The van der Waals surface area contributed by atoms with Gasteiger partial charge in [0.1, 0.15) is 12.6 Å². The molecule has 1 aliphatic heterocycles. The van der Waals surface area contributed by atoms with Crippen molar-refractivity contribution in [2.24, 2.45) is 5.41 Å². The van der Waals surface area contributed by atoms with E-state index in [1.54, 1.807) is 0 Å². The molecule has 5 rings (SSSR count). The zero-order valence-electron chi connectivity index (χ0n) is 19.3. The molecular weight excluding hydrogens is 432 g/mol. The van der Waals surface area contributed by atoms with E-state index in [0.29, 0.717) is 32.2 Å². The maximum atomic E-state index is 13.4. The number of carboxylic acids is 1. The molecule has 2 N–H and O–H groups in total. The summed E-state index contributed by atoms with van der Waals surface area (Å²) in [5.74, 6) is -1.18. The van der Waals surface area contributed by atoms with Crippen molar-refractivity contribution in [3.63, 3.8) is 0 Å². The number of alkyl carbamates (subject to hydrolysis) is 1. The summed E-state index contributed by atoms with van der Waals surface area (Å²) in [7, 11) is 0. The Hall–Kier alpha value is -3.35. The molecule has 0 radical (unpaired) electrons. The summed E-state index contributed by atoms with van der Waals surface area (Å²) >= 11 is 0. The first kappa shape index (κ1) is 22.4. The van der Waals surface area contributed by atoms with E-state index in [4.69, 9.17) is 4.74 Å². The van der Waals surface area contributed by atoms with E-state index in [0.717, 1.165) is 17.5 Å². The van der Waals surface area contributed by atoms with Gasteiger partial charge in [-0.05, 0) is 54.9 Å². The van der Waals surface area contributed by atoms with Crippen molar-refractivity contribution in [3.05, 3.63) is 59.7 Å². The summed E-state index contributed by atoms with van der Waals surface area (Å²) in [5.41, 5.74) is 3.79. The van der Waals surface area contributed by atoms with Gasteiger partial charge in [0.15, 0.2) is 0 Å². The number of ether oxygens (including phenoxy) is 1. The average Bonchev–Trinajstić information content (AvgIpc) is 3.54. The number of hydrogen-bond donors (Lipinski definition) is 2. The second-order valence-electron chi connectivity index (χ2n) is 9.83. The number of carbonyl (C=O) groups is 3. The van der Waals surface area contributed by atoms with Crippen LogP contribution in [0.3, 0.4) is 0 Å². The fourth-order valence-corrected chi connectivity index (χ4v) is 6.03. The first-order valence-corrected chi connectivity index (χ1v) is 12.1. The van der Waals surface area contributed by atoms with E-state index in [1.165, 1.54) is 16.0 Å². The lowest BCUT2D eigenvalue weighted by atomic mass is 9.83. The number of carbonyl (C=O) groups excluding carboxylic acids is 2. The normalized spacial score (nSPS) is 25.6. The number of hydrogen-bond acceptors (Lipinski definition) is 4. The third-order valence-corrected chi connectivity index (χ3v) is 7.88. The number of rotatable bonds is 5. The van der Waals surface area contributed by atoms with Crippen LogP contribution in [0.2, 0.25) is 0 Å². The highest BCUT2D eigenvalue weighted by molar-refractivity contribution is 5.89. The summed E-state index contributed by atoms with van der Waals surface area (Å²) in [4.78, 5) is 39.3. The molecule has 2 aliphatic carbocycles. The van der Waals surface area contributed by atoms with Crippen LogP contribution in [0.5, 0.6) is 0 Å². The number of fused-ring (bicyclic) bond motifs is 3. The molecule has 7 nitrogen and oxygen atoms in total. The number of aliphatic carboxylic acids is 1. The molecule has 3 atom stereocenters. The lowest BCUT2D eigenvalue weighted by Gasteiger charge is -2.36. The topological polar surface area (TPSA) is 95.9 Å². The second-order valence-corrected chi connectivity index (χ2v) is 9.83. The SMILES string of the molecule is CC1(C(=O)N2CCC[C@H]2C(=O)O)CCCC1NC(=O)OCC1c2ccccc2-c2ccccc21. The van der Waals surface area contributed by atoms with Crippen LogP contribution >= 0.6 is 0 Å². The number of nitrogens with zero attached hydrogens (tertiary/aromatic N) is 1. The Morgan fingerprint density at radius 1 is 1.03 bits per heavy atom. The zero-order valence-corrected chi connectivity index (χ0v) is 19.3. The number of carboxylic acid groups (broad SMARTS) is 1. The van der Waals surface area contributed by atoms with Gasteiger partial charge in [-0.15, -0.1) is 0 Å². The Morgan fingerprint density at radius 3 is 2.32 bits per heavy atom. The largest absolute Gasteiger partial charge is 0.480 e. The van der Waals surface area contributed by atoms with Crippen molar-refractivity contribution in [1.82, 2.24) is 10.2 Å². The van der Waals surface area contributed by atoms with Crippen LogP contribution < -0.4 is 5.32 Å². The molecule has 7 heteroatoms. The Labute approximate surface area is 199 Å². The highest BCUT2D eigenvalue weighted by Gasteiger charge is 2.50. The van der Waals surface area contributed by atoms with Crippen molar-refractivity contribution in [2.75, 3.05) is 13.2 Å². The van der Waals surface area contributed by atoms with Gasteiger partial charge >= 0.3 is 12.1 Å². The maximum Gasteiger partial charge on any atom is 0.407 e. The van der Waals surface area contributed by atoms with Gasteiger partial charge in [-0.2, -0.15) is 0 Å². The van der Waals surface area contributed by atoms with Crippen molar-refractivity contribution >= 4 is 18.0 Å². The van der Waals surface area contributed by atoms with Crippen LogP contribution in [-0.4, -0.2) is 53.2 Å². The third kappa shape index (κ3) is 3.73. The monoisotopic (exact) mass is 462 g/mol. The maximum absolute atomic E-state index is 13.4. The molecule has 1 saturated heterocycles. The van der Waals surface area contributed by atoms with Gasteiger partial charge in [0.2, 0.25) is 5.91 Å². The van der Waals surface area contributed by atoms with Crippen LogP contribution in [0.1, 0.15) is 56.1 Å². The molecule has 1 saturated carbocycles. The molecule has 34 heavy (non-hydrogen) atoms. The van der Waals surface area contributed by atoms with Gasteiger partial charge < -0.3 is 20.1 Å². The van der Waals surface area contributed by atoms with Gasteiger partial charge in [0.05, 0.1) is 5.41 Å². The Balaban J connectivity index is 1.26. The van der Waals surface area contributed by atoms with Crippen molar-refractivity contribution in [2.45, 2.75) is 57.0 Å². The van der Waals surface area contributed by atoms with E-state index in [2.05, 4.69) is 29.6 Å². The molecule has 178 valence electrons. The third-order valence-electron chi connectivity index (χ3n) is 7.88. The number of nitrogens with one attached hydrogen (secondary N) is 1. The first-order valence-electron chi connectivity index (χ1n) is 12.1. The molecule has 2 amide bonds. The van der Waals surface area contributed by atoms with Crippen LogP contribution in [0.4, 0.5) is 4.79 Å². The fraction of sp³-hybridized carbons (Fsp3) is 0.444. The molecule has 2 aromatic rings. The van der Waals surface area contributed by atoms with Crippen LogP contribution in [0.25, 0.3) is 11.1 Å². The number of benzene rings is 2. The number of likely N-dealkylation sites (tertiary alicyclic amines) is 1. The molecule has 2 aromatic carbocycles. The predicted octanol–water partition coefficient (Wildman–Crippen LogP) is 4.16. The summed E-state index contributed by atoms with van der Waals surface area (Å²) in [6.07, 6.45) is 2.69. The van der Waals surface area contributed by atoms with E-state index in [-0.39, 0.29) is 24.5 Å². The summed E-state index contributed by atoms with van der Waals surface area (Å²) in [6.45, 7) is 2.50. The van der Waals surface area contributed by atoms with E-state index in [1.807, 2.05) is 31.2 Å². The van der Waals surface area contributed by atoms with Crippen LogP contribution in [-0.2, 0) is 14.3 Å². The van der Waals surface area contributed by atoms with Crippen LogP contribution in [0, 0.1) is 5.41 Å². The minimum Gasteiger partial charge on any atom is -0.480 e. The van der Waals surface area contributed by atoms with Gasteiger partial charge in [-0.25, -0.2) is 9.59 Å². The highest BCUT2D eigenvalue weighted by Crippen LogP contribution is 2.45. The molecule has 0 spiro atoms. The minimum absolute atomic E-state index is 0.0318. The van der Waals surface area contributed by atoms with Gasteiger partial charge in [0.25, 0.3) is 0 Å². The highest BCUT2D eigenvalue weighted by atomic mass is 16.5. The average molecular weight is 463 g/mol. The lowest BCUT2D eigenvalue weighted by molar-refractivity contribution is -0.153. The molecule has 2 unspecified atom stereocenters. The Bertz CT molecular complexity index is 1090. The fourth-order valence-electron chi connectivity index (χ4n) is 6.03. The molecule has 0 aromatic heterocycles. The summed E-state index contributed by atoms with van der Waals surface area (Å²) in [5, 5.41) is 12.4. The Morgan fingerprint density at radius 2 is 1.68 bits per heavy atom. The lowest BCUT2D eigenvalue weighted by Crippen LogP contribution is -2.54. The molecular formula is C27H30N2O5. The second kappa shape index (κ2) is 8.78. The number of amides is 2. The van der Waals surface area contributed by atoms with Gasteiger partial charge in [0, 0.05) is 18.5 Å². The van der Waals surface area contributed by atoms with Crippen molar-refractivity contribution < 1.29 is 24.2 Å². The molecule has 0 bridgehead atoms. The smallest absolute Gasteiger partial charge is 0.407 e. The zero-order chi connectivity index (χ0) is 23.9. The molecule has 2 fully saturated rings. The summed E-state index contributed by atoms with van der Waals surface area (Å²) in [6, 6.07) is 15.2. The van der Waals surface area contributed by atoms with E-state index < -0.39 is 23.5 Å². The Kier molecular flexibility index (Phi) is 5.80. The van der Waals surface area contributed by atoms with E-state index >= 15 is 0 Å². The van der Waals surface area contributed by atoms with Gasteiger partial charge in [-0.3, -0.25) is 4.79 Å².